The lowest BCUT2D eigenvalue weighted by Gasteiger charge is -2.50. The van der Waals surface area contributed by atoms with Gasteiger partial charge in [0.25, 0.3) is 0 Å². The molecule has 1 atom stereocenters. The van der Waals surface area contributed by atoms with E-state index in [2.05, 4.69) is 106 Å². The van der Waals surface area contributed by atoms with Crippen molar-refractivity contribution in [1.82, 2.24) is 0 Å². The zero-order valence-corrected chi connectivity index (χ0v) is 23.4. The van der Waals surface area contributed by atoms with Crippen LogP contribution in [0.1, 0.15) is 99.1 Å². The van der Waals surface area contributed by atoms with Crippen LogP contribution in [-0.4, -0.2) is 0 Å². The first kappa shape index (κ1) is 25.0. The normalized spacial score (nSPS) is 21.9. The summed E-state index contributed by atoms with van der Waals surface area (Å²) in [6.45, 7) is 24.1. The number of hydrogen-bond acceptors (Lipinski definition) is 0. The molecule has 0 fully saturated rings. The molecule has 1 aromatic rings. The summed E-state index contributed by atoms with van der Waals surface area (Å²) in [6.07, 6.45) is 12.9. The maximum atomic E-state index is 2.58. The van der Waals surface area contributed by atoms with Gasteiger partial charge in [0.15, 0.2) is 0 Å². The first-order valence-corrected chi connectivity index (χ1v) is 13.8. The van der Waals surface area contributed by atoms with Gasteiger partial charge in [0, 0.05) is 5.41 Å². The molecule has 0 N–H and O–H groups in total. The lowest BCUT2D eigenvalue weighted by Crippen LogP contribution is -2.40. The number of hydrogen-bond donors (Lipinski definition) is 0. The van der Waals surface area contributed by atoms with Gasteiger partial charge in [-0.3, -0.25) is 0 Å². The summed E-state index contributed by atoms with van der Waals surface area (Å²) in [5, 5.41) is 2.98. The van der Waals surface area contributed by atoms with Gasteiger partial charge in [0.1, 0.15) is 0 Å². The molecular weight excluding hydrogens is 408 g/mol. The molecule has 34 heavy (non-hydrogen) atoms. The largest absolute Gasteiger partial charge is 0.0801 e. The number of aryl methyl sites for hydroxylation is 1. The molecule has 3 aliphatic carbocycles. The second-order valence-corrected chi connectivity index (χ2v) is 11.9. The van der Waals surface area contributed by atoms with Crippen LogP contribution in [0.4, 0.5) is 0 Å². The van der Waals surface area contributed by atoms with Crippen molar-refractivity contribution in [1.29, 1.82) is 0 Å². The lowest BCUT2D eigenvalue weighted by molar-refractivity contribution is 0.265. The van der Waals surface area contributed by atoms with Crippen LogP contribution in [0.5, 0.6) is 0 Å². The van der Waals surface area contributed by atoms with E-state index in [1.807, 2.05) is 0 Å². The molecule has 0 amide bonds. The van der Waals surface area contributed by atoms with Crippen molar-refractivity contribution in [3.05, 3.63) is 79.8 Å². The third-order valence-corrected chi connectivity index (χ3v) is 8.65. The Labute approximate surface area is 208 Å². The van der Waals surface area contributed by atoms with Gasteiger partial charge in [-0.1, -0.05) is 105 Å². The molecular formula is C34H46. The van der Waals surface area contributed by atoms with Gasteiger partial charge in [0.2, 0.25) is 0 Å². The Morgan fingerprint density at radius 3 is 2.06 bits per heavy atom. The molecule has 0 heteroatoms. The molecule has 3 aliphatic rings. The molecule has 0 nitrogen and oxygen atoms in total. The molecule has 1 unspecified atom stereocenters. The third kappa shape index (κ3) is 3.55. The minimum Gasteiger partial charge on any atom is -0.0801 e. The Morgan fingerprint density at radius 1 is 0.882 bits per heavy atom. The van der Waals surface area contributed by atoms with Gasteiger partial charge >= 0.3 is 0 Å². The monoisotopic (exact) mass is 454 g/mol. The first-order chi connectivity index (χ1) is 16.1. The second-order valence-electron chi connectivity index (χ2n) is 11.9. The van der Waals surface area contributed by atoms with Crippen molar-refractivity contribution >= 4 is 11.6 Å². The minimum absolute atomic E-state index is 0.0780. The highest BCUT2D eigenvalue weighted by atomic mass is 14.5. The van der Waals surface area contributed by atoms with E-state index in [0.717, 1.165) is 19.3 Å². The van der Waals surface area contributed by atoms with Crippen LogP contribution in [0, 0.1) is 23.2 Å². The number of rotatable bonds is 7. The van der Waals surface area contributed by atoms with E-state index >= 15 is 0 Å². The van der Waals surface area contributed by atoms with Gasteiger partial charge in [-0.05, 0) is 98.4 Å². The van der Waals surface area contributed by atoms with E-state index in [-0.39, 0.29) is 5.41 Å². The van der Waals surface area contributed by atoms with Crippen LogP contribution < -0.4 is 10.4 Å². The average molecular weight is 455 g/mol. The lowest BCUT2D eigenvalue weighted by atomic mass is 9.54. The second kappa shape index (κ2) is 9.18. The summed E-state index contributed by atoms with van der Waals surface area (Å²) in [5.74, 6) is 2.06. The van der Waals surface area contributed by atoms with Crippen molar-refractivity contribution in [3.63, 3.8) is 0 Å². The Bertz CT molecular complexity index is 1230. The van der Waals surface area contributed by atoms with Gasteiger partial charge in [0.05, 0.1) is 0 Å². The fraction of sp³-hybridized carbons (Fsp3) is 0.529. The SMILES string of the molecule is CCc1cc(C(C)C)c2c(c1)=CC1=C(C3=CC=CC3)C(CC)(C(C)C)C(C(C)C)=C(C(C)C)C=21. The van der Waals surface area contributed by atoms with Crippen molar-refractivity contribution in [3.8, 4) is 0 Å². The molecule has 0 saturated heterocycles. The van der Waals surface area contributed by atoms with Gasteiger partial charge in [-0.25, -0.2) is 0 Å². The van der Waals surface area contributed by atoms with Crippen molar-refractivity contribution in [2.24, 2.45) is 23.2 Å². The third-order valence-electron chi connectivity index (χ3n) is 8.65. The minimum atomic E-state index is 0.0780. The van der Waals surface area contributed by atoms with Crippen LogP contribution in [0.15, 0.2) is 58.2 Å². The van der Waals surface area contributed by atoms with Crippen molar-refractivity contribution < 1.29 is 0 Å². The summed E-state index contributed by atoms with van der Waals surface area (Å²) >= 11 is 0. The molecule has 182 valence electrons. The molecule has 0 spiro atoms. The quantitative estimate of drug-likeness (QED) is 0.390. The molecule has 0 saturated carbocycles. The maximum Gasteiger partial charge on any atom is 0.0199 e. The molecule has 0 aliphatic heterocycles. The fourth-order valence-corrected chi connectivity index (χ4v) is 7.30. The summed E-state index contributed by atoms with van der Waals surface area (Å²) in [5.41, 5.74) is 12.7. The standard InChI is InChI=1S/C34H46/c1-11-24-17-26-19-28-31(30(26)27(18-24)20(3)4)29(21(5)6)32(22(7)8)34(12-2,23(9)10)33(28)25-15-13-14-16-25/h13-15,17-23H,11-12,16H2,1-10H3. The Balaban J connectivity index is 2.30. The summed E-state index contributed by atoms with van der Waals surface area (Å²) in [6, 6.07) is 4.98. The number of fused-ring (bicyclic) bond motifs is 2. The molecule has 0 heterocycles. The molecule has 1 aromatic carbocycles. The average Bonchev–Trinajstić information content (AvgIpc) is 3.43. The summed E-state index contributed by atoms with van der Waals surface area (Å²) in [4.78, 5) is 0. The maximum absolute atomic E-state index is 2.58. The molecule has 4 rings (SSSR count). The number of allylic oxidation sites excluding steroid dienone is 8. The van der Waals surface area contributed by atoms with E-state index < -0.39 is 0 Å². The van der Waals surface area contributed by atoms with Gasteiger partial charge in [-0.2, -0.15) is 0 Å². The highest BCUT2D eigenvalue weighted by molar-refractivity contribution is 5.96. The summed E-state index contributed by atoms with van der Waals surface area (Å²) < 4.78 is 0. The van der Waals surface area contributed by atoms with E-state index in [1.54, 1.807) is 22.3 Å². The van der Waals surface area contributed by atoms with Crippen molar-refractivity contribution in [2.75, 3.05) is 0 Å². The Kier molecular flexibility index (Phi) is 6.75. The summed E-state index contributed by atoms with van der Waals surface area (Å²) in [7, 11) is 0. The first-order valence-electron chi connectivity index (χ1n) is 13.8. The smallest absolute Gasteiger partial charge is 0.0199 e. The fourth-order valence-electron chi connectivity index (χ4n) is 7.30. The molecule has 0 radical (unpaired) electrons. The predicted octanol–water partition coefficient (Wildman–Crippen LogP) is 8.17. The molecule has 0 aromatic heterocycles. The number of benzene rings is 1. The van der Waals surface area contributed by atoms with Crippen LogP contribution >= 0.6 is 0 Å². The van der Waals surface area contributed by atoms with E-state index in [9.17, 15) is 0 Å². The zero-order chi connectivity index (χ0) is 24.9. The van der Waals surface area contributed by atoms with E-state index in [0.29, 0.717) is 23.7 Å². The van der Waals surface area contributed by atoms with Gasteiger partial charge in [-0.15, -0.1) is 0 Å². The Morgan fingerprint density at radius 2 is 1.59 bits per heavy atom. The predicted molar refractivity (Wildman–Crippen MR) is 150 cm³/mol. The van der Waals surface area contributed by atoms with Gasteiger partial charge < -0.3 is 0 Å². The Hall–Kier alpha value is -2.08. The highest BCUT2D eigenvalue weighted by Crippen LogP contribution is 2.60. The van der Waals surface area contributed by atoms with E-state index in [4.69, 9.17) is 0 Å². The van der Waals surface area contributed by atoms with Crippen LogP contribution in [0.3, 0.4) is 0 Å². The topological polar surface area (TPSA) is 0 Å². The molecule has 0 bridgehead atoms. The highest BCUT2D eigenvalue weighted by Gasteiger charge is 2.49. The van der Waals surface area contributed by atoms with Crippen LogP contribution in [-0.2, 0) is 6.42 Å². The van der Waals surface area contributed by atoms with Crippen LogP contribution in [0.25, 0.3) is 11.6 Å². The zero-order valence-electron chi connectivity index (χ0n) is 23.4. The van der Waals surface area contributed by atoms with Crippen LogP contribution in [0.2, 0.25) is 0 Å². The van der Waals surface area contributed by atoms with E-state index in [1.165, 1.54) is 32.7 Å². The van der Waals surface area contributed by atoms with Crippen molar-refractivity contribution in [2.45, 2.75) is 94.4 Å².